The number of hydrogen-bond acceptors (Lipinski definition) is 2. The van der Waals surface area contributed by atoms with E-state index in [0.717, 1.165) is 6.42 Å². The molecule has 0 heterocycles. The summed E-state index contributed by atoms with van der Waals surface area (Å²) in [6.07, 6.45) is 1.76. The van der Waals surface area contributed by atoms with Gasteiger partial charge in [0, 0.05) is 11.3 Å². The minimum absolute atomic E-state index is 0.357. The van der Waals surface area contributed by atoms with Crippen LogP contribution < -0.4 is 0 Å². The Morgan fingerprint density at radius 2 is 1.90 bits per heavy atom. The first kappa shape index (κ1) is 13.4. The van der Waals surface area contributed by atoms with Gasteiger partial charge in [-0.25, -0.2) is 0 Å². The molecular formula is C18H18OS. The highest BCUT2D eigenvalue weighted by Crippen LogP contribution is 2.37. The van der Waals surface area contributed by atoms with Gasteiger partial charge in [-0.15, -0.1) is 11.8 Å². The molecule has 0 radical (unpaired) electrons. The van der Waals surface area contributed by atoms with Crippen LogP contribution in [0.15, 0.2) is 53.4 Å². The third-order valence-corrected chi connectivity index (χ3v) is 4.93. The molecule has 102 valence electrons. The second kappa shape index (κ2) is 5.84. The number of benzene rings is 2. The number of carbonyl (C=O) groups is 1. The topological polar surface area (TPSA) is 17.1 Å². The second-order valence-corrected chi connectivity index (χ2v) is 6.49. The van der Waals surface area contributed by atoms with E-state index in [2.05, 4.69) is 55.5 Å². The lowest BCUT2D eigenvalue weighted by Gasteiger charge is -2.29. The van der Waals surface area contributed by atoms with Gasteiger partial charge in [0.1, 0.15) is 5.78 Å². The molecule has 0 N–H and O–H groups in total. The zero-order valence-corrected chi connectivity index (χ0v) is 12.5. The minimum Gasteiger partial charge on any atom is -0.299 e. The van der Waals surface area contributed by atoms with Crippen LogP contribution in [0, 0.1) is 6.92 Å². The fourth-order valence-electron chi connectivity index (χ4n) is 2.68. The van der Waals surface area contributed by atoms with Gasteiger partial charge in [-0.3, -0.25) is 4.79 Å². The van der Waals surface area contributed by atoms with Gasteiger partial charge >= 0.3 is 0 Å². The average Bonchev–Trinajstić information content (AvgIpc) is 2.44. The van der Waals surface area contributed by atoms with Crippen molar-refractivity contribution in [2.75, 3.05) is 5.75 Å². The van der Waals surface area contributed by atoms with Crippen molar-refractivity contribution >= 4 is 17.5 Å². The number of hydrogen-bond donors (Lipinski definition) is 0. The molecule has 2 aromatic rings. The average molecular weight is 282 g/mol. The molecule has 0 amide bonds. The second-order valence-electron chi connectivity index (χ2n) is 5.44. The van der Waals surface area contributed by atoms with E-state index in [0.29, 0.717) is 23.9 Å². The maximum absolute atomic E-state index is 12.1. The highest BCUT2D eigenvalue weighted by Gasteiger charge is 2.27. The van der Waals surface area contributed by atoms with Gasteiger partial charge in [-0.2, -0.15) is 0 Å². The lowest BCUT2D eigenvalue weighted by Crippen LogP contribution is -2.20. The third-order valence-electron chi connectivity index (χ3n) is 3.86. The highest BCUT2D eigenvalue weighted by atomic mass is 32.2. The lowest BCUT2D eigenvalue weighted by molar-refractivity contribution is -0.117. The molecule has 0 bridgehead atoms. The van der Waals surface area contributed by atoms with Gasteiger partial charge in [-0.05, 0) is 42.5 Å². The molecule has 0 aliphatic heterocycles. The zero-order valence-electron chi connectivity index (χ0n) is 11.6. The standard InChI is InChI=1S/C18H18OS/c1-13-6-8-17(9-7-13)20-12-16(19)11-15-10-14-4-2-3-5-18(14)15/h2-9,15H,10-12H2,1H3. The van der Waals surface area contributed by atoms with E-state index in [9.17, 15) is 4.79 Å². The maximum atomic E-state index is 12.1. The fourth-order valence-corrected chi connectivity index (χ4v) is 3.45. The smallest absolute Gasteiger partial charge is 0.143 e. The van der Waals surface area contributed by atoms with Gasteiger partial charge in [0.05, 0.1) is 5.75 Å². The predicted molar refractivity (Wildman–Crippen MR) is 84.4 cm³/mol. The molecule has 0 fully saturated rings. The van der Waals surface area contributed by atoms with Crippen molar-refractivity contribution in [2.45, 2.75) is 30.6 Å². The van der Waals surface area contributed by atoms with Crippen LogP contribution in [0.5, 0.6) is 0 Å². The summed E-state index contributed by atoms with van der Waals surface area (Å²) < 4.78 is 0. The monoisotopic (exact) mass is 282 g/mol. The Balaban J connectivity index is 1.50. The molecule has 1 aliphatic carbocycles. The summed E-state index contributed by atoms with van der Waals surface area (Å²) in [5.74, 6) is 1.40. The predicted octanol–water partition coefficient (Wildman–Crippen LogP) is 4.39. The van der Waals surface area contributed by atoms with Crippen LogP contribution >= 0.6 is 11.8 Å². The van der Waals surface area contributed by atoms with E-state index in [1.165, 1.54) is 21.6 Å². The van der Waals surface area contributed by atoms with E-state index >= 15 is 0 Å². The molecule has 1 unspecified atom stereocenters. The molecule has 2 aromatic carbocycles. The molecule has 0 aromatic heterocycles. The SMILES string of the molecule is Cc1ccc(SCC(=O)CC2Cc3ccccc32)cc1. The van der Waals surface area contributed by atoms with Gasteiger partial charge in [0.15, 0.2) is 0 Å². The summed E-state index contributed by atoms with van der Waals surface area (Å²) in [5.41, 5.74) is 4.05. The Morgan fingerprint density at radius 3 is 2.65 bits per heavy atom. The van der Waals surface area contributed by atoms with Crippen molar-refractivity contribution in [3.05, 3.63) is 65.2 Å². The van der Waals surface area contributed by atoms with Crippen LogP contribution in [-0.4, -0.2) is 11.5 Å². The Kier molecular flexibility index (Phi) is 3.93. The largest absolute Gasteiger partial charge is 0.299 e. The summed E-state index contributed by atoms with van der Waals surface area (Å²) in [6, 6.07) is 16.8. The van der Waals surface area contributed by atoms with Crippen molar-refractivity contribution in [3.63, 3.8) is 0 Å². The molecular weight excluding hydrogens is 264 g/mol. The molecule has 0 spiro atoms. The Labute approximate surface area is 124 Å². The molecule has 1 atom stereocenters. The lowest BCUT2D eigenvalue weighted by atomic mass is 9.75. The van der Waals surface area contributed by atoms with E-state index in [-0.39, 0.29) is 0 Å². The summed E-state index contributed by atoms with van der Waals surface area (Å²) >= 11 is 1.65. The zero-order chi connectivity index (χ0) is 13.9. The van der Waals surface area contributed by atoms with Crippen LogP contribution in [-0.2, 0) is 11.2 Å². The Hall–Kier alpha value is -1.54. The van der Waals surface area contributed by atoms with E-state index < -0.39 is 0 Å². The van der Waals surface area contributed by atoms with Gasteiger partial charge in [0.2, 0.25) is 0 Å². The van der Waals surface area contributed by atoms with E-state index in [4.69, 9.17) is 0 Å². The van der Waals surface area contributed by atoms with E-state index in [1.54, 1.807) is 11.8 Å². The van der Waals surface area contributed by atoms with Crippen LogP contribution in [0.1, 0.15) is 29.0 Å². The molecule has 1 aliphatic rings. The third kappa shape index (κ3) is 2.96. The normalized spacial score (nSPS) is 16.4. The molecule has 2 heteroatoms. The Bertz CT molecular complexity index is 616. The van der Waals surface area contributed by atoms with Gasteiger partial charge in [-0.1, -0.05) is 42.0 Å². The molecule has 1 nitrogen and oxygen atoms in total. The number of thioether (sulfide) groups is 1. The number of rotatable bonds is 5. The minimum atomic E-state index is 0.357. The number of fused-ring (bicyclic) bond motifs is 1. The van der Waals surface area contributed by atoms with Crippen LogP contribution in [0.3, 0.4) is 0 Å². The molecule has 3 rings (SSSR count). The molecule has 0 saturated carbocycles. The van der Waals surface area contributed by atoms with Crippen molar-refractivity contribution in [1.29, 1.82) is 0 Å². The van der Waals surface area contributed by atoms with Crippen LogP contribution in [0.2, 0.25) is 0 Å². The van der Waals surface area contributed by atoms with Gasteiger partial charge < -0.3 is 0 Å². The highest BCUT2D eigenvalue weighted by molar-refractivity contribution is 8.00. The summed E-state index contributed by atoms with van der Waals surface area (Å²) in [7, 11) is 0. The number of ketones is 1. The molecule has 20 heavy (non-hydrogen) atoms. The summed E-state index contributed by atoms with van der Waals surface area (Å²) in [4.78, 5) is 13.3. The maximum Gasteiger partial charge on any atom is 0.143 e. The van der Waals surface area contributed by atoms with Crippen LogP contribution in [0.4, 0.5) is 0 Å². The van der Waals surface area contributed by atoms with Crippen molar-refractivity contribution < 1.29 is 4.79 Å². The first-order chi connectivity index (χ1) is 9.72. The number of aryl methyl sites for hydroxylation is 1. The van der Waals surface area contributed by atoms with Gasteiger partial charge in [0.25, 0.3) is 0 Å². The number of carbonyl (C=O) groups excluding carboxylic acids is 1. The van der Waals surface area contributed by atoms with Crippen molar-refractivity contribution in [3.8, 4) is 0 Å². The first-order valence-electron chi connectivity index (χ1n) is 7.01. The first-order valence-corrected chi connectivity index (χ1v) is 8.00. The summed E-state index contributed by atoms with van der Waals surface area (Å²) in [6.45, 7) is 2.08. The Morgan fingerprint density at radius 1 is 1.15 bits per heavy atom. The van der Waals surface area contributed by atoms with E-state index in [1.807, 2.05) is 0 Å². The summed E-state index contributed by atoms with van der Waals surface area (Å²) in [5, 5.41) is 0. The number of Topliss-reactive ketones (excluding diaryl/α,β-unsaturated/α-hetero) is 1. The quantitative estimate of drug-likeness (QED) is 0.757. The fraction of sp³-hybridized carbons (Fsp3) is 0.278. The van der Waals surface area contributed by atoms with Crippen LogP contribution in [0.25, 0.3) is 0 Å². The molecule has 0 saturated heterocycles. The van der Waals surface area contributed by atoms with Crippen molar-refractivity contribution in [1.82, 2.24) is 0 Å². The van der Waals surface area contributed by atoms with Crippen molar-refractivity contribution in [2.24, 2.45) is 0 Å².